The van der Waals surface area contributed by atoms with E-state index in [2.05, 4.69) is 0 Å². The van der Waals surface area contributed by atoms with Crippen molar-refractivity contribution in [3.05, 3.63) is 70.9 Å². The molecule has 0 heterocycles. The van der Waals surface area contributed by atoms with Gasteiger partial charge in [-0.25, -0.2) is 4.74 Å². The first-order chi connectivity index (χ1) is 9.20. The van der Waals surface area contributed by atoms with Crippen LogP contribution in [-0.2, 0) is 0 Å². The summed E-state index contributed by atoms with van der Waals surface area (Å²) in [6.45, 7) is 1.89. The Bertz CT molecular complexity index is 547. The third-order valence-electron chi connectivity index (χ3n) is 3.06. The van der Waals surface area contributed by atoms with E-state index in [1.807, 2.05) is 61.5 Å². The first-order valence-corrected chi connectivity index (χ1v) is 6.20. The van der Waals surface area contributed by atoms with Crippen LogP contribution in [0.2, 0.25) is 0 Å². The molecule has 98 valence electrons. The zero-order valence-corrected chi connectivity index (χ0v) is 11.1. The van der Waals surface area contributed by atoms with Crippen molar-refractivity contribution >= 4 is 6.21 Å². The molecule has 0 bridgehead atoms. The van der Waals surface area contributed by atoms with Crippen molar-refractivity contribution in [1.29, 1.82) is 0 Å². The lowest BCUT2D eigenvalue weighted by molar-refractivity contribution is -0.498. The third-order valence-corrected chi connectivity index (χ3v) is 3.06. The molecule has 0 N–H and O–H groups in total. The summed E-state index contributed by atoms with van der Waals surface area (Å²) in [5, 5.41) is 12.1. The van der Waals surface area contributed by atoms with Crippen molar-refractivity contribution in [1.82, 2.24) is 0 Å². The van der Waals surface area contributed by atoms with Gasteiger partial charge in [-0.3, -0.25) is 0 Å². The largest absolute Gasteiger partial charge is 0.623 e. The lowest BCUT2D eigenvalue weighted by atomic mass is 10.1. The van der Waals surface area contributed by atoms with Crippen molar-refractivity contribution in [2.45, 2.75) is 13.0 Å². The number of benzene rings is 2. The van der Waals surface area contributed by atoms with Gasteiger partial charge in [-0.15, -0.1) is 0 Å². The fourth-order valence-electron chi connectivity index (χ4n) is 1.83. The van der Waals surface area contributed by atoms with Crippen molar-refractivity contribution in [2.24, 2.45) is 0 Å². The molecule has 0 radical (unpaired) electrons. The number of methoxy groups -OCH3 is 1. The van der Waals surface area contributed by atoms with Gasteiger partial charge in [-0.05, 0) is 24.3 Å². The fraction of sp³-hybridized carbons (Fsp3) is 0.188. The lowest BCUT2D eigenvalue weighted by Crippen LogP contribution is -2.11. The summed E-state index contributed by atoms with van der Waals surface area (Å²) >= 11 is 0. The molecule has 1 atom stereocenters. The first kappa shape index (κ1) is 13.1. The Morgan fingerprint density at radius 3 is 2.26 bits per heavy atom. The molecule has 2 aromatic rings. The van der Waals surface area contributed by atoms with Gasteiger partial charge in [0.25, 0.3) is 0 Å². The smallest absolute Gasteiger partial charge is 0.185 e. The Morgan fingerprint density at radius 1 is 1.05 bits per heavy atom. The van der Waals surface area contributed by atoms with Gasteiger partial charge < -0.3 is 9.94 Å². The van der Waals surface area contributed by atoms with Crippen LogP contribution in [0.1, 0.15) is 24.1 Å². The molecule has 0 saturated heterocycles. The molecule has 1 unspecified atom stereocenters. The van der Waals surface area contributed by atoms with Gasteiger partial charge in [0.1, 0.15) is 5.75 Å². The summed E-state index contributed by atoms with van der Waals surface area (Å²) in [6, 6.07) is 16.9. The zero-order chi connectivity index (χ0) is 13.7. The van der Waals surface area contributed by atoms with Gasteiger partial charge in [-0.2, -0.15) is 0 Å². The van der Waals surface area contributed by atoms with E-state index in [1.165, 1.54) is 0 Å². The molecule has 3 nitrogen and oxygen atoms in total. The molecule has 0 aromatic heterocycles. The second kappa shape index (κ2) is 6.05. The van der Waals surface area contributed by atoms with Gasteiger partial charge in [-0.1, -0.05) is 30.3 Å². The summed E-state index contributed by atoms with van der Waals surface area (Å²) < 4.78 is 6.05. The number of hydroxylamine groups is 1. The van der Waals surface area contributed by atoms with E-state index in [-0.39, 0.29) is 6.04 Å². The van der Waals surface area contributed by atoms with E-state index < -0.39 is 0 Å². The van der Waals surface area contributed by atoms with Crippen LogP contribution in [-0.4, -0.2) is 18.1 Å². The summed E-state index contributed by atoms with van der Waals surface area (Å²) in [6.07, 6.45) is 1.59. The second-order valence-corrected chi connectivity index (χ2v) is 4.35. The predicted molar refractivity (Wildman–Crippen MR) is 76.6 cm³/mol. The highest BCUT2D eigenvalue weighted by Crippen LogP contribution is 2.16. The van der Waals surface area contributed by atoms with Gasteiger partial charge in [0.2, 0.25) is 0 Å². The first-order valence-electron chi connectivity index (χ1n) is 6.20. The van der Waals surface area contributed by atoms with E-state index >= 15 is 0 Å². The minimum Gasteiger partial charge on any atom is -0.623 e. The maximum absolute atomic E-state index is 12.1. The van der Waals surface area contributed by atoms with E-state index in [9.17, 15) is 5.21 Å². The molecular formula is C16H17NO2. The Balaban J connectivity index is 2.18. The Morgan fingerprint density at radius 2 is 1.68 bits per heavy atom. The highest BCUT2D eigenvalue weighted by Gasteiger charge is 2.11. The third kappa shape index (κ3) is 3.35. The van der Waals surface area contributed by atoms with Gasteiger partial charge in [0.05, 0.1) is 7.11 Å². The van der Waals surface area contributed by atoms with Crippen LogP contribution >= 0.6 is 0 Å². The topological polar surface area (TPSA) is 35.3 Å². The quantitative estimate of drug-likeness (QED) is 0.363. The number of ether oxygens (including phenoxy) is 1. The molecule has 2 rings (SSSR count). The average molecular weight is 255 g/mol. The Kier molecular flexibility index (Phi) is 4.18. The van der Waals surface area contributed by atoms with E-state index in [0.717, 1.165) is 21.6 Å². The highest BCUT2D eigenvalue weighted by molar-refractivity contribution is 5.75. The fourth-order valence-corrected chi connectivity index (χ4v) is 1.83. The van der Waals surface area contributed by atoms with Crippen molar-refractivity contribution in [3.63, 3.8) is 0 Å². The molecule has 0 saturated carbocycles. The maximum Gasteiger partial charge on any atom is 0.185 e. The minimum absolute atomic E-state index is 0.205. The zero-order valence-electron chi connectivity index (χ0n) is 11.1. The lowest BCUT2D eigenvalue weighted by Gasteiger charge is -2.12. The highest BCUT2D eigenvalue weighted by atomic mass is 16.5. The molecule has 0 aliphatic rings. The molecule has 0 aliphatic heterocycles. The standard InChI is InChI=1S/C16H17NO2/c1-13(15-6-4-3-5-7-15)17(18)12-14-8-10-16(19-2)11-9-14/h3-13H,1-2H3. The second-order valence-electron chi connectivity index (χ2n) is 4.35. The van der Waals surface area contributed by atoms with Crippen LogP contribution in [0.15, 0.2) is 54.6 Å². The SMILES string of the molecule is COc1ccc(C=[N+]([O-])C(C)c2ccccc2)cc1. The molecule has 0 spiro atoms. The van der Waals surface area contributed by atoms with E-state index in [0.29, 0.717) is 0 Å². The van der Waals surface area contributed by atoms with Crippen molar-refractivity contribution < 1.29 is 9.48 Å². The van der Waals surface area contributed by atoms with E-state index in [1.54, 1.807) is 13.3 Å². The van der Waals surface area contributed by atoms with Crippen LogP contribution in [0.3, 0.4) is 0 Å². The number of hydrogen-bond donors (Lipinski definition) is 0. The molecule has 0 amide bonds. The molecule has 0 fully saturated rings. The van der Waals surface area contributed by atoms with Crippen molar-refractivity contribution in [3.8, 4) is 5.75 Å². The monoisotopic (exact) mass is 255 g/mol. The normalized spacial score (nSPS) is 13.1. The van der Waals surface area contributed by atoms with Crippen LogP contribution in [0.5, 0.6) is 5.75 Å². The summed E-state index contributed by atoms with van der Waals surface area (Å²) in [7, 11) is 1.62. The summed E-state index contributed by atoms with van der Waals surface area (Å²) in [5.74, 6) is 0.783. The number of rotatable bonds is 4. The Hall–Kier alpha value is -2.29. The molecule has 3 heteroatoms. The number of hydrogen-bond acceptors (Lipinski definition) is 2. The van der Waals surface area contributed by atoms with Gasteiger partial charge in [0, 0.05) is 18.1 Å². The van der Waals surface area contributed by atoms with Gasteiger partial charge in [0.15, 0.2) is 12.3 Å². The molecule has 0 aliphatic carbocycles. The average Bonchev–Trinajstić information content (AvgIpc) is 2.48. The summed E-state index contributed by atoms with van der Waals surface area (Å²) in [5.41, 5.74) is 1.86. The van der Waals surface area contributed by atoms with Gasteiger partial charge >= 0.3 is 0 Å². The molecule has 2 aromatic carbocycles. The molecular weight excluding hydrogens is 238 g/mol. The maximum atomic E-state index is 12.1. The predicted octanol–water partition coefficient (Wildman–Crippen LogP) is 3.39. The van der Waals surface area contributed by atoms with Crippen LogP contribution in [0.4, 0.5) is 0 Å². The van der Waals surface area contributed by atoms with Crippen LogP contribution < -0.4 is 4.74 Å². The van der Waals surface area contributed by atoms with Crippen LogP contribution in [0.25, 0.3) is 0 Å². The van der Waals surface area contributed by atoms with Crippen molar-refractivity contribution in [2.75, 3.05) is 7.11 Å². The van der Waals surface area contributed by atoms with E-state index in [4.69, 9.17) is 4.74 Å². The number of nitrogens with zero attached hydrogens (tertiary/aromatic N) is 1. The molecule has 19 heavy (non-hydrogen) atoms. The Labute approximate surface area is 113 Å². The summed E-state index contributed by atoms with van der Waals surface area (Å²) in [4.78, 5) is 0. The van der Waals surface area contributed by atoms with Crippen LogP contribution in [0, 0.1) is 5.21 Å². The minimum atomic E-state index is -0.205.